The van der Waals surface area contributed by atoms with Gasteiger partial charge in [0.15, 0.2) is 0 Å². The van der Waals surface area contributed by atoms with Gasteiger partial charge in [-0.25, -0.2) is 4.68 Å². The molecule has 0 fully saturated rings. The first kappa shape index (κ1) is 17.0. The summed E-state index contributed by atoms with van der Waals surface area (Å²) in [7, 11) is 0. The van der Waals surface area contributed by atoms with Crippen LogP contribution in [0.4, 0.5) is 5.82 Å². The van der Waals surface area contributed by atoms with Crippen LogP contribution in [0.3, 0.4) is 0 Å². The highest BCUT2D eigenvalue weighted by Crippen LogP contribution is 2.15. The number of nitrogens with one attached hydrogen (secondary N) is 1. The zero-order valence-electron chi connectivity index (χ0n) is 14.8. The second-order valence-electron chi connectivity index (χ2n) is 6.44. The Balaban J connectivity index is 1.70. The number of aromatic nitrogens is 4. The molecule has 6 heteroatoms. The fourth-order valence-corrected chi connectivity index (χ4v) is 2.77. The topological polar surface area (TPSA) is 64.7 Å². The van der Waals surface area contributed by atoms with Crippen molar-refractivity contribution < 1.29 is 4.79 Å². The van der Waals surface area contributed by atoms with Gasteiger partial charge in [0.2, 0.25) is 5.91 Å². The molecule has 6 nitrogen and oxygen atoms in total. The molecular weight excluding hydrogens is 314 g/mol. The van der Waals surface area contributed by atoms with Gasteiger partial charge in [0, 0.05) is 18.5 Å². The smallest absolute Gasteiger partial charge is 0.230 e. The van der Waals surface area contributed by atoms with E-state index in [0.717, 1.165) is 17.1 Å². The maximum absolute atomic E-state index is 12.5. The van der Waals surface area contributed by atoms with E-state index < -0.39 is 0 Å². The molecule has 1 N–H and O–H groups in total. The third-order valence-corrected chi connectivity index (χ3v) is 4.04. The molecule has 1 atom stereocenters. The van der Waals surface area contributed by atoms with Crippen LogP contribution in [0.1, 0.15) is 23.7 Å². The SMILES string of the molecule is Cc1cccc(Cn2nc(C)cc2NC(=O)[C@H](C)Cn2cccn2)c1. The Labute approximate surface area is 147 Å². The predicted molar refractivity (Wildman–Crippen MR) is 97.3 cm³/mol. The van der Waals surface area contributed by atoms with Crippen molar-refractivity contribution in [2.75, 3.05) is 5.32 Å². The highest BCUT2D eigenvalue weighted by molar-refractivity contribution is 5.91. The lowest BCUT2D eigenvalue weighted by molar-refractivity contribution is -0.119. The van der Waals surface area contributed by atoms with Crippen LogP contribution in [0.5, 0.6) is 0 Å². The van der Waals surface area contributed by atoms with Crippen LogP contribution in [-0.4, -0.2) is 25.5 Å². The van der Waals surface area contributed by atoms with E-state index in [1.54, 1.807) is 10.9 Å². The first-order chi connectivity index (χ1) is 12.0. The van der Waals surface area contributed by atoms with Gasteiger partial charge in [0.05, 0.1) is 24.7 Å². The Hall–Kier alpha value is -2.89. The van der Waals surface area contributed by atoms with E-state index in [0.29, 0.717) is 13.1 Å². The molecule has 0 saturated carbocycles. The lowest BCUT2D eigenvalue weighted by atomic mass is 10.1. The fourth-order valence-electron chi connectivity index (χ4n) is 2.77. The minimum atomic E-state index is -0.192. The normalized spacial score (nSPS) is 12.1. The van der Waals surface area contributed by atoms with Crippen molar-refractivity contribution in [1.29, 1.82) is 0 Å². The molecule has 0 aliphatic rings. The van der Waals surface area contributed by atoms with Gasteiger partial charge in [0.25, 0.3) is 0 Å². The van der Waals surface area contributed by atoms with E-state index in [2.05, 4.69) is 40.6 Å². The highest BCUT2D eigenvalue weighted by Gasteiger charge is 2.16. The van der Waals surface area contributed by atoms with Crippen molar-refractivity contribution in [2.45, 2.75) is 33.9 Å². The Kier molecular flexibility index (Phi) is 4.97. The van der Waals surface area contributed by atoms with E-state index in [1.165, 1.54) is 5.56 Å². The van der Waals surface area contributed by atoms with E-state index in [9.17, 15) is 4.79 Å². The van der Waals surface area contributed by atoms with E-state index in [1.807, 2.05) is 42.9 Å². The van der Waals surface area contributed by atoms with Crippen LogP contribution in [0.2, 0.25) is 0 Å². The lowest BCUT2D eigenvalue weighted by Crippen LogP contribution is -2.26. The molecule has 0 aliphatic carbocycles. The molecule has 1 aromatic carbocycles. The van der Waals surface area contributed by atoms with Crippen LogP contribution in [0.25, 0.3) is 0 Å². The minimum absolute atomic E-state index is 0.0408. The largest absolute Gasteiger partial charge is 0.311 e. The number of carbonyl (C=O) groups is 1. The average Bonchev–Trinajstić information content (AvgIpc) is 3.17. The van der Waals surface area contributed by atoms with Gasteiger partial charge in [-0.1, -0.05) is 36.8 Å². The van der Waals surface area contributed by atoms with Crippen molar-refractivity contribution in [3.63, 3.8) is 0 Å². The second kappa shape index (κ2) is 7.34. The summed E-state index contributed by atoms with van der Waals surface area (Å²) in [6, 6.07) is 12.0. The molecule has 0 aliphatic heterocycles. The van der Waals surface area contributed by atoms with Crippen LogP contribution in [0.15, 0.2) is 48.8 Å². The quantitative estimate of drug-likeness (QED) is 0.752. The molecule has 130 valence electrons. The van der Waals surface area contributed by atoms with Crippen molar-refractivity contribution in [3.05, 3.63) is 65.6 Å². The van der Waals surface area contributed by atoms with E-state index >= 15 is 0 Å². The van der Waals surface area contributed by atoms with Crippen molar-refractivity contribution in [2.24, 2.45) is 5.92 Å². The molecule has 3 aromatic rings. The summed E-state index contributed by atoms with van der Waals surface area (Å²) in [5, 5.41) is 11.7. The number of anilines is 1. The maximum atomic E-state index is 12.5. The summed E-state index contributed by atoms with van der Waals surface area (Å²) < 4.78 is 3.60. The Morgan fingerprint density at radius 2 is 2.08 bits per heavy atom. The number of rotatable bonds is 6. The van der Waals surface area contributed by atoms with Crippen molar-refractivity contribution >= 4 is 11.7 Å². The van der Waals surface area contributed by atoms with Gasteiger partial charge in [-0.05, 0) is 25.5 Å². The summed E-state index contributed by atoms with van der Waals surface area (Å²) in [6.07, 6.45) is 3.57. The van der Waals surface area contributed by atoms with Gasteiger partial charge < -0.3 is 5.32 Å². The predicted octanol–water partition coefficient (Wildman–Crippen LogP) is 3.02. The molecule has 2 heterocycles. The van der Waals surface area contributed by atoms with Crippen LogP contribution in [-0.2, 0) is 17.9 Å². The van der Waals surface area contributed by atoms with Gasteiger partial charge >= 0.3 is 0 Å². The van der Waals surface area contributed by atoms with E-state index in [4.69, 9.17) is 0 Å². The van der Waals surface area contributed by atoms with E-state index in [-0.39, 0.29) is 11.8 Å². The van der Waals surface area contributed by atoms with Gasteiger partial charge in [0.1, 0.15) is 5.82 Å². The third kappa shape index (κ3) is 4.35. The number of aryl methyl sites for hydroxylation is 2. The number of nitrogens with zero attached hydrogens (tertiary/aromatic N) is 4. The molecule has 0 bridgehead atoms. The molecular formula is C19H23N5O. The van der Waals surface area contributed by atoms with Crippen LogP contribution < -0.4 is 5.32 Å². The summed E-state index contributed by atoms with van der Waals surface area (Å²) >= 11 is 0. The maximum Gasteiger partial charge on any atom is 0.230 e. The number of benzene rings is 1. The summed E-state index contributed by atoms with van der Waals surface area (Å²) in [6.45, 7) is 7.06. The summed E-state index contributed by atoms with van der Waals surface area (Å²) in [5.41, 5.74) is 3.24. The molecule has 3 rings (SSSR count). The summed E-state index contributed by atoms with van der Waals surface area (Å²) in [5.74, 6) is 0.486. The standard InChI is InChI=1S/C19H23N5O/c1-14-6-4-7-17(10-14)13-24-18(11-16(3)22-24)21-19(25)15(2)12-23-9-5-8-20-23/h4-11,15H,12-13H2,1-3H3,(H,21,25)/t15-/m1/s1. The summed E-state index contributed by atoms with van der Waals surface area (Å²) in [4.78, 5) is 12.5. The molecule has 1 amide bonds. The number of carbonyl (C=O) groups excluding carboxylic acids is 1. The fraction of sp³-hybridized carbons (Fsp3) is 0.316. The van der Waals surface area contributed by atoms with Crippen molar-refractivity contribution in [1.82, 2.24) is 19.6 Å². The van der Waals surface area contributed by atoms with Crippen LogP contribution >= 0.6 is 0 Å². The molecule has 0 spiro atoms. The second-order valence-corrected chi connectivity index (χ2v) is 6.44. The zero-order valence-corrected chi connectivity index (χ0v) is 14.8. The minimum Gasteiger partial charge on any atom is -0.311 e. The zero-order chi connectivity index (χ0) is 17.8. The monoisotopic (exact) mass is 337 g/mol. The average molecular weight is 337 g/mol. The van der Waals surface area contributed by atoms with Gasteiger partial charge in [-0.2, -0.15) is 10.2 Å². The number of hydrogen-bond acceptors (Lipinski definition) is 3. The molecule has 0 unspecified atom stereocenters. The van der Waals surface area contributed by atoms with Crippen LogP contribution in [0, 0.1) is 19.8 Å². The molecule has 25 heavy (non-hydrogen) atoms. The Morgan fingerprint density at radius 3 is 2.80 bits per heavy atom. The lowest BCUT2D eigenvalue weighted by Gasteiger charge is -2.14. The number of amides is 1. The van der Waals surface area contributed by atoms with Crippen molar-refractivity contribution in [3.8, 4) is 0 Å². The van der Waals surface area contributed by atoms with Gasteiger partial charge in [-0.15, -0.1) is 0 Å². The first-order valence-electron chi connectivity index (χ1n) is 8.39. The third-order valence-electron chi connectivity index (χ3n) is 4.04. The Bertz CT molecular complexity index is 851. The molecule has 0 saturated heterocycles. The molecule has 2 aromatic heterocycles. The first-order valence-corrected chi connectivity index (χ1v) is 8.39. The highest BCUT2D eigenvalue weighted by atomic mass is 16.2. The molecule has 0 radical (unpaired) electrons. The Morgan fingerprint density at radius 1 is 1.24 bits per heavy atom. The van der Waals surface area contributed by atoms with Gasteiger partial charge in [-0.3, -0.25) is 9.48 Å². The number of hydrogen-bond donors (Lipinski definition) is 1.